The predicted octanol–water partition coefficient (Wildman–Crippen LogP) is 3.08. The number of carbonyl (C=O) groups excluding carboxylic acids is 1. The van der Waals surface area contributed by atoms with Crippen molar-refractivity contribution >= 4 is 27.3 Å². The molecule has 0 bridgehead atoms. The molecule has 3 aromatic rings. The van der Waals surface area contributed by atoms with Gasteiger partial charge in [-0.25, -0.2) is 9.50 Å². The Kier molecular flexibility index (Phi) is 5.67. The highest BCUT2D eigenvalue weighted by molar-refractivity contribution is 7.20. The monoisotopic (exact) mass is 438 g/mol. The van der Waals surface area contributed by atoms with Crippen LogP contribution in [0, 0.1) is 11.8 Å². The third kappa shape index (κ3) is 4.45. The van der Waals surface area contributed by atoms with E-state index in [0.29, 0.717) is 18.4 Å². The molecule has 1 aromatic carbocycles. The minimum atomic E-state index is 0.285. The lowest BCUT2D eigenvalue weighted by Crippen LogP contribution is -2.52. The molecule has 2 aliphatic heterocycles. The van der Waals surface area contributed by atoms with E-state index in [-0.39, 0.29) is 5.91 Å². The van der Waals surface area contributed by atoms with Gasteiger partial charge in [0.05, 0.1) is 18.4 Å². The van der Waals surface area contributed by atoms with E-state index in [2.05, 4.69) is 40.7 Å². The normalized spacial score (nSPS) is 22.9. The summed E-state index contributed by atoms with van der Waals surface area (Å²) in [6.07, 6.45) is 3.23. The number of nitrogens with zero attached hydrogens (tertiary/aromatic N) is 6. The Morgan fingerprint density at radius 2 is 1.77 bits per heavy atom. The fourth-order valence-corrected chi connectivity index (χ4v) is 5.76. The molecule has 31 heavy (non-hydrogen) atoms. The van der Waals surface area contributed by atoms with Crippen LogP contribution < -0.4 is 4.90 Å². The molecule has 0 spiro atoms. The van der Waals surface area contributed by atoms with E-state index in [1.165, 1.54) is 6.42 Å². The van der Waals surface area contributed by atoms with Crippen molar-refractivity contribution in [2.24, 2.45) is 11.8 Å². The third-order valence-corrected chi connectivity index (χ3v) is 7.31. The summed E-state index contributed by atoms with van der Waals surface area (Å²) in [4.78, 5) is 25.1. The lowest BCUT2D eigenvalue weighted by atomic mass is 9.92. The topological polar surface area (TPSA) is 57.0 Å². The maximum Gasteiger partial charge on any atom is 0.236 e. The predicted molar refractivity (Wildman–Crippen MR) is 124 cm³/mol. The van der Waals surface area contributed by atoms with Crippen molar-refractivity contribution in [3.8, 4) is 11.3 Å². The Morgan fingerprint density at radius 3 is 2.45 bits per heavy atom. The van der Waals surface area contributed by atoms with Gasteiger partial charge in [-0.2, -0.15) is 0 Å². The van der Waals surface area contributed by atoms with Gasteiger partial charge < -0.3 is 9.80 Å². The second kappa shape index (κ2) is 8.59. The van der Waals surface area contributed by atoms with Gasteiger partial charge in [0.2, 0.25) is 16.0 Å². The van der Waals surface area contributed by atoms with Crippen molar-refractivity contribution in [1.29, 1.82) is 0 Å². The minimum absolute atomic E-state index is 0.285. The summed E-state index contributed by atoms with van der Waals surface area (Å²) >= 11 is 1.63. The quantitative estimate of drug-likeness (QED) is 0.627. The number of fused-ring (bicyclic) bond motifs is 1. The molecule has 7 nitrogen and oxygen atoms in total. The fraction of sp³-hybridized carbons (Fsp3) is 0.522. The molecule has 5 rings (SSSR count). The van der Waals surface area contributed by atoms with Gasteiger partial charge in [0.15, 0.2) is 0 Å². The molecule has 8 heteroatoms. The standard InChI is InChI=1S/C23H30N6OS/c1-17-12-18(2)14-28(13-17)21(30)16-26-8-10-27(11-9-26)23-25-29-15-20(24-22(29)31-23)19-6-4-3-5-7-19/h3-7,15,17-18H,8-14,16H2,1-2H3/t17-,18-/m1/s1. The number of hydrogen-bond donors (Lipinski definition) is 0. The van der Waals surface area contributed by atoms with Crippen molar-refractivity contribution in [1.82, 2.24) is 24.4 Å². The second-order valence-corrected chi connectivity index (χ2v) is 10.0. The Balaban J connectivity index is 1.17. The third-order valence-electron chi connectivity index (χ3n) is 6.33. The van der Waals surface area contributed by atoms with Gasteiger partial charge in [-0.15, -0.1) is 5.10 Å². The van der Waals surface area contributed by atoms with Crippen LogP contribution in [0.2, 0.25) is 0 Å². The molecule has 1 amide bonds. The van der Waals surface area contributed by atoms with Gasteiger partial charge in [-0.3, -0.25) is 9.69 Å². The number of amides is 1. The maximum absolute atomic E-state index is 12.8. The average Bonchev–Trinajstić information content (AvgIpc) is 3.34. The van der Waals surface area contributed by atoms with E-state index in [1.54, 1.807) is 11.3 Å². The number of anilines is 1. The van der Waals surface area contributed by atoms with E-state index in [9.17, 15) is 4.79 Å². The number of rotatable bonds is 4. The molecule has 2 saturated heterocycles. The summed E-state index contributed by atoms with van der Waals surface area (Å²) < 4.78 is 1.89. The Morgan fingerprint density at radius 1 is 1.06 bits per heavy atom. The first kappa shape index (κ1) is 20.5. The zero-order valence-electron chi connectivity index (χ0n) is 18.3. The number of imidazole rings is 1. The number of carbonyl (C=O) groups is 1. The smallest absolute Gasteiger partial charge is 0.236 e. The van der Waals surface area contributed by atoms with Crippen LogP contribution in [0.3, 0.4) is 0 Å². The number of likely N-dealkylation sites (tertiary alicyclic amines) is 1. The van der Waals surface area contributed by atoms with E-state index in [4.69, 9.17) is 10.1 Å². The van der Waals surface area contributed by atoms with Crippen molar-refractivity contribution in [3.05, 3.63) is 36.5 Å². The summed E-state index contributed by atoms with van der Waals surface area (Å²) in [6.45, 7) is 10.4. The largest absolute Gasteiger partial charge is 0.344 e. The second-order valence-electron chi connectivity index (χ2n) is 9.11. The van der Waals surface area contributed by atoms with Crippen LogP contribution in [-0.4, -0.2) is 76.1 Å². The number of benzene rings is 1. The number of hydrogen-bond acceptors (Lipinski definition) is 6. The molecule has 0 unspecified atom stereocenters. The fourth-order valence-electron chi connectivity index (χ4n) is 4.82. The van der Waals surface area contributed by atoms with Gasteiger partial charge in [-0.05, 0) is 18.3 Å². The molecule has 0 aliphatic carbocycles. The molecular formula is C23H30N6OS. The van der Waals surface area contributed by atoms with Gasteiger partial charge in [-0.1, -0.05) is 55.5 Å². The van der Waals surface area contributed by atoms with E-state index >= 15 is 0 Å². The summed E-state index contributed by atoms with van der Waals surface area (Å²) in [5.41, 5.74) is 2.06. The highest BCUT2D eigenvalue weighted by Crippen LogP contribution is 2.27. The molecule has 2 fully saturated rings. The maximum atomic E-state index is 12.8. The van der Waals surface area contributed by atoms with Crippen molar-refractivity contribution in [3.63, 3.8) is 0 Å². The van der Waals surface area contributed by atoms with Crippen molar-refractivity contribution in [2.45, 2.75) is 20.3 Å². The van der Waals surface area contributed by atoms with Gasteiger partial charge in [0.1, 0.15) is 0 Å². The highest BCUT2D eigenvalue weighted by Gasteiger charge is 2.28. The lowest BCUT2D eigenvalue weighted by molar-refractivity contribution is -0.135. The molecule has 0 radical (unpaired) electrons. The van der Waals surface area contributed by atoms with Gasteiger partial charge in [0, 0.05) is 44.8 Å². The van der Waals surface area contributed by atoms with Crippen LogP contribution in [0.4, 0.5) is 5.13 Å². The number of piperidine rings is 1. The van der Waals surface area contributed by atoms with Crippen LogP contribution in [0.25, 0.3) is 16.2 Å². The molecule has 2 aliphatic rings. The Labute approximate surface area is 187 Å². The Hall–Kier alpha value is -2.45. The molecule has 0 N–H and O–H groups in total. The SMILES string of the molecule is C[C@@H]1C[C@@H](C)CN(C(=O)CN2CCN(c3nn4cc(-c5ccccc5)nc4s3)CC2)C1. The summed E-state index contributed by atoms with van der Waals surface area (Å²) in [5, 5.41) is 5.77. The first-order valence-corrected chi connectivity index (χ1v) is 12.0. The summed E-state index contributed by atoms with van der Waals surface area (Å²) in [6, 6.07) is 10.2. The zero-order chi connectivity index (χ0) is 21.4. The number of piperazine rings is 1. The summed E-state index contributed by atoms with van der Waals surface area (Å²) in [5.74, 6) is 1.50. The summed E-state index contributed by atoms with van der Waals surface area (Å²) in [7, 11) is 0. The lowest BCUT2D eigenvalue weighted by Gasteiger charge is -2.38. The zero-order valence-corrected chi connectivity index (χ0v) is 19.1. The van der Waals surface area contributed by atoms with Crippen molar-refractivity contribution < 1.29 is 4.79 Å². The molecule has 164 valence electrons. The molecule has 2 atom stereocenters. The van der Waals surface area contributed by atoms with Crippen LogP contribution in [0.1, 0.15) is 20.3 Å². The van der Waals surface area contributed by atoms with Gasteiger partial charge >= 0.3 is 0 Å². The first-order valence-electron chi connectivity index (χ1n) is 11.2. The van der Waals surface area contributed by atoms with E-state index in [0.717, 1.165) is 60.6 Å². The van der Waals surface area contributed by atoms with Crippen molar-refractivity contribution in [2.75, 3.05) is 50.7 Å². The number of aromatic nitrogens is 3. The molecule has 0 saturated carbocycles. The van der Waals surface area contributed by atoms with E-state index < -0.39 is 0 Å². The first-order chi connectivity index (χ1) is 15.0. The van der Waals surface area contributed by atoms with Gasteiger partial charge in [0.25, 0.3) is 0 Å². The van der Waals surface area contributed by atoms with E-state index in [1.807, 2.05) is 28.9 Å². The minimum Gasteiger partial charge on any atom is -0.344 e. The van der Waals surface area contributed by atoms with Crippen LogP contribution in [0.5, 0.6) is 0 Å². The molecular weight excluding hydrogens is 408 g/mol. The average molecular weight is 439 g/mol. The molecule has 4 heterocycles. The highest BCUT2D eigenvalue weighted by atomic mass is 32.1. The Bertz CT molecular complexity index is 997. The molecule has 2 aromatic heterocycles. The van der Waals surface area contributed by atoms with Crippen LogP contribution in [-0.2, 0) is 4.79 Å². The van der Waals surface area contributed by atoms with Crippen LogP contribution >= 0.6 is 11.3 Å². The van der Waals surface area contributed by atoms with Crippen LogP contribution in [0.15, 0.2) is 36.5 Å².